The molecule has 110 valence electrons. The zero-order valence-corrected chi connectivity index (χ0v) is 12.6. The van der Waals surface area contributed by atoms with Crippen LogP contribution in [0.3, 0.4) is 0 Å². The first-order valence-electron chi connectivity index (χ1n) is 6.74. The van der Waals surface area contributed by atoms with Crippen molar-refractivity contribution < 1.29 is 19.1 Å². The third kappa shape index (κ3) is 36.2. The van der Waals surface area contributed by atoms with E-state index in [4.69, 9.17) is 9.47 Å². The van der Waals surface area contributed by atoms with Crippen LogP contribution in [0.1, 0.15) is 60.3 Å². The van der Waals surface area contributed by atoms with Gasteiger partial charge >= 0.3 is 0 Å². The minimum atomic E-state index is -0.0370. The van der Waals surface area contributed by atoms with Gasteiger partial charge in [-0.25, -0.2) is 0 Å². The average molecular weight is 262 g/mol. The first-order valence-corrected chi connectivity index (χ1v) is 6.74. The van der Waals surface area contributed by atoms with Crippen LogP contribution in [0, 0.1) is 0 Å². The molecule has 0 radical (unpaired) electrons. The molecule has 0 unspecified atom stereocenters. The van der Waals surface area contributed by atoms with Crippen molar-refractivity contribution in [2.24, 2.45) is 0 Å². The Labute approximate surface area is 112 Å². The second-order valence-corrected chi connectivity index (χ2v) is 3.39. The van der Waals surface area contributed by atoms with Crippen molar-refractivity contribution in [3.8, 4) is 0 Å². The second-order valence-electron chi connectivity index (χ2n) is 3.39. The van der Waals surface area contributed by atoms with Crippen LogP contribution < -0.4 is 0 Å². The van der Waals surface area contributed by atoms with E-state index in [1.807, 2.05) is 34.6 Å². The number of unbranched alkanes of at least 4 members (excludes halogenated alkanes) is 2. The van der Waals surface area contributed by atoms with Crippen molar-refractivity contribution in [3.63, 3.8) is 0 Å². The molecule has 0 saturated carbocycles. The number of carbonyl (C=O) groups is 2. The van der Waals surface area contributed by atoms with Crippen LogP contribution in [0.2, 0.25) is 0 Å². The van der Waals surface area contributed by atoms with E-state index in [1.54, 1.807) is 0 Å². The fraction of sp³-hybridized carbons (Fsp3) is 0.857. The number of hydrogen-bond acceptors (Lipinski definition) is 4. The second kappa shape index (κ2) is 25.2. The molecule has 0 aliphatic rings. The summed E-state index contributed by atoms with van der Waals surface area (Å²) >= 11 is 0. The Balaban J connectivity index is -0.000000197. The van der Waals surface area contributed by atoms with E-state index in [0.717, 1.165) is 38.6 Å². The number of hydrogen-bond donors (Lipinski definition) is 0. The molecule has 0 saturated heterocycles. The number of carbonyl (C=O) groups excluding carboxylic acids is 2. The Morgan fingerprint density at radius 2 is 1.17 bits per heavy atom. The van der Waals surface area contributed by atoms with Gasteiger partial charge in [0.15, 0.2) is 6.29 Å². The van der Waals surface area contributed by atoms with Crippen molar-refractivity contribution in [3.05, 3.63) is 0 Å². The van der Waals surface area contributed by atoms with Gasteiger partial charge in [0.05, 0.1) is 0 Å². The van der Waals surface area contributed by atoms with E-state index in [2.05, 4.69) is 0 Å². The maximum atomic E-state index is 9.40. The van der Waals surface area contributed by atoms with E-state index in [1.165, 1.54) is 0 Å². The zero-order chi connectivity index (χ0) is 14.6. The van der Waals surface area contributed by atoms with Gasteiger partial charge in [-0.1, -0.05) is 13.8 Å². The third-order valence-electron chi connectivity index (χ3n) is 1.62. The van der Waals surface area contributed by atoms with E-state index in [-0.39, 0.29) is 6.29 Å². The molecule has 0 atom stereocenters. The van der Waals surface area contributed by atoms with Crippen LogP contribution >= 0.6 is 0 Å². The van der Waals surface area contributed by atoms with E-state index < -0.39 is 0 Å². The van der Waals surface area contributed by atoms with Crippen molar-refractivity contribution >= 4 is 12.6 Å². The highest BCUT2D eigenvalue weighted by Gasteiger charge is 1.94. The lowest BCUT2D eigenvalue weighted by molar-refractivity contribution is -0.123. The predicted molar refractivity (Wildman–Crippen MR) is 74.7 cm³/mol. The Hall–Kier alpha value is -0.740. The molecule has 0 aliphatic heterocycles. The van der Waals surface area contributed by atoms with Gasteiger partial charge in [0.25, 0.3) is 0 Å². The van der Waals surface area contributed by atoms with Crippen molar-refractivity contribution in [1.82, 2.24) is 0 Å². The summed E-state index contributed by atoms with van der Waals surface area (Å²) in [6.45, 7) is 11.2. The van der Waals surface area contributed by atoms with Crippen LogP contribution in [0.5, 0.6) is 0 Å². The van der Waals surface area contributed by atoms with Crippen LogP contribution in [-0.2, 0) is 19.1 Å². The van der Waals surface area contributed by atoms with Gasteiger partial charge in [-0.15, -0.1) is 0 Å². The highest BCUT2D eigenvalue weighted by atomic mass is 16.7. The molecule has 4 nitrogen and oxygen atoms in total. The van der Waals surface area contributed by atoms with Crippen molar-refractivity contribution in [2.75, 3.05) is 13.2 Å². The number of ether oxygens (including phenoxy) is 2. The molecule has 0 aromatic rings. The highest BCUT2D eigenvalue weighted by Crippen LogP contribution is 1.90. The molecule has 0 spiro atoms. The summed E-state index contributed by atoms with van der Waals surface area (Å²) < 4.78 is 10.1. The van der Waals surface area contributed by atoms with E-state index in [0.29, 0.717) is 12.8 Å². The van der Waals surface area contributed by atoms with Gasteiger partial charge in [-0.3, -0.25) is 0 Å². The van der Waals surface area contributed by atoms with Gasteiger partial charge < -0.3 is 19.1 Å². The predicted octanol–water partition coefficient (Wildman–Crippen LogP) is 3.38. The highest BCUT2D eigenvalue weighted by molar-refractivity contribution is 5.49. The van der Waals surface area contributed by atoms with E-state index >= 15 is 0 Å². The molecular formula is C14H30O4. The van der Waals surface area contributed by atoms with Gasteiger partial charge in [-0.2, -0.15) is 0 Å². The zero-order valence-electron chi connectivity index (χ0n) is 12.6. The van der Waals surface area contributed by atoms with Crippen LogP contribution in [0.25, 0.3) is 0 Å². The van der Waals surface area contributed by atoms with Crippen molar-refractivity contribution in [2.45, 2.75) is 66.6 Å². The summed E-state index contributed by atoms with van der Waals surface area (Å²) in [5.74, 6) is 0. The molecule has 4 heteroatoms. The van der Waals surface area contributed by atoms with Gasteiger partial charge in [-0.05, 0) is 33.6 Å². The molecule has 0 amide bonds. The average Bonchev–Trinajstić information content (AvgIpc) is 2.33. The molecule has 0 bridgehead atoms. The van der Waals surface area contributed by atoms with Crippen molar-refractivity contribution in [1.29, 1.82) is 0 Å². The fourth-order valence-corrected chi connectivity index (χ4v) is 0.753. The molecule has 0 fully saturated rings. The Bertz CT molecular complexity index is 133. The summed E-state index contributed by atoms with van der Waals surface area (Å²) in [5, 5.41) is 0. The first kappa shape index (κ1) is 22.4. The number of aldehydes is 2. The fourth-order valence-electron chi connectivity index (χ4n) is 0.753. The largest absolute Gasteiger partial charge is 0.353 e. The first-order chi connectivity index (χ1) is 8.64. The lowest BCUT2D eigenvalue weighted by Gasteiger charge is -2.09. The summed E-state index contributed by atoms with van der Waals surface area (Å²) in [6.07, 6.45) is 5.19. The number of rotatable bonds is 8. The lowest BCUT2D eigenvalue weighted by atomic mass is 10.4. The maximum Gasteiger partial charge on any atom is 0.154 e. The SMILES string of the molecule is CCCC=O.CCCC=O.CCOC(C)OCC. The third-order valence-corrected chi connectivity index (χ3v) is 1.62. The topological polar surface area (TPSA) is 52.6 Å². The van der Waals surface area contributed by atoms with Crippen LogP contribution in [0.15, 0.2) is 0 Å². The minimum Gasteiger partial charge on any atom is -0.353 e. The molecule has 0 aromatic heterocycles. The molecule has 0 heterocycles. The monoisotopic (exact) mass is 262 g/mol. The summed E-state index contributed by atoms with van der Waals surface area (Å²) in [6, 6.07) is 0. The van der Waals surface area contributed by atoms with Gasteiger partial charge in [0.1, 0.15) is 12.6 Å². The van der Waals surface area contributed by atoms with Gasteiger partial charge in [0.2, 0.25) is 0 Å². The summed E-state index contributed by atoms with van der Waals surface area (Å²) in [7, 11) is 0. The molecule has 0 rings (SSSR count). The minimum absolute atomic E-state index is 0.0370. The smallest absolute Gasteiger partial charge is 0.154 e. The summed E-state index contributed by atoms with van der Waals surface area (Å²) in [4.78, 5) is 18.8. The summed E-state index contributed by atoms with van der Waals surface area (Å²) in [5.41, 5.74) is 0. The van der Waals surface area contributed by atoms with E-state index in [9.17, 15) is 9.59 Å². The quantitative estimate of drug-likeness (QED) is 0.497. The molecule has 0 aliphatic carbocycles. The van der Waals surface area contributed by atoms with Crippen LogP contribution in [-0.4, -0.2) is 32.1 Å². The van der Waals surface area contributed by atoms with Gasteiger partial charge in [0, 0.05) is 26.1 Å². The Morgan fingerprint density at radius 3 is 1.28 bits per heavy atom. The normalized spacial score (nSPS) is 8.78. The Kier molecular flexibility index (Phi) is 31.4. The molecule has 0 aromatic carbocycles. The Morgan fingerprint density at radius 1 is 0.833 bits per heavy atom. The molecular weight excluding hydrogens is 232 g/mol. The van der Waals surface area contributed by atoms with Crippen LogP contribution in [0.4, 0.5) is 0 Å². The standard InChI is InChI=1S/C6H14O2.2C4H8O/c1-4-7-6(3)8-5-2;2*1-2-3-4-5/h6H,4-5H2,1-3H3;2*4H,2-3H2,1H3. The molecule has 0 N–H and O–H groups in total. The lowest BCUT2D eigenvalue weighted by Crippen LogP contribution is -2.11. The maximum absolute atomic E-state index is 9.40. The molecule has 18 heavy (non-hydrogen) atoms.